The summed E-state index contributed by atoms with van der Waals surface area (Å²) in [5, 5.41) is 0. The quantitative estimate of drug-likeness (QED) is 0.571. The van der Waals surface area contributed by atoms with Crippen molar-refractivity contribution in [2.24, 2.45) is 17.1 Å². The van der Waals surface area contributed by atoms with Crippen molar-refractivity contribution in [3.05, 3.63) is 0 Å². The molecule has 1 nitrogen and oxygen atoms in total. The Morgan fingerprint density at radius 1 is 1.18 bits per heavy atom. The molecule has 0 saturated heterocycles. The Kier molecular flexibility index (Phi) is 2.58. The maximum absolute atomic E-state index is 5.92. The molecule has 0 aromatic carbocycles. The molecule has 1 aliphatic rings. The molecular weight excluding hydrogens is 134 g/mol. The minimum atomic E-state index is 0.470. The van der Waals surface area contributed by atoms with E-state index in [0.29, 0.717) is 11.5 Å². The van der Waals surface area contributed by atoms with Gasteiger partial charge in [0.2, 0.25) is 0 Å². The summed E-state index contributed by atoms with van der Waals surface area (Å²) in [6.07, 6.45) is 5.20. The molecule has 1 heteroatoms. The van der Waals surface area contributed by atoms with Crippen molar-refractivity contribution >= 4 is 0 Å². The molecule has 1 aliphatic carbocycles. The Labute approximate surface area is 70.4 Å². The van der Waals surface area contributed by atoms with Crippen LogP contribution in [0.25, 0.3) is 0 Å². The molecule has 0 amide bonds. The summed E-state index contributed by atoms with van der Waals surface area (Å²) in [4.78, 5) is 0. The highest BCUT2D eigenvalue weighted by atomic mass is 14.6. The number of nitrogens with two attached hydrogens (primary N) is 1. The van der Waals surface area contributed by atoms with Crippen molar-refractivity contribution in [3.8, 4) is 0 Å². The van der Waals surface area contributed by atoms with Crippen molar-refractivity contribution in [2.45, 2.75) is 52.5 Å². The summed E-state index contributed by atoms with van der Waals surface area (Å²) in [6, 6.07) is 0.480. The van der Waals surface area contributed by atoms with Crippen molar-refractivity contribution in [1.82, 2.24) is 0 Å². The second-order valence-electron chi connectivity index (χ2n) is 4.99. The normalized spacial score (nSPS) is 33.8. The van der Waals surface area contributed by atoms with E-state index in [4.69, 9.17) is 5.73 Å². The fourth-order valence-corrected chi connectivity index (χ4v) is 2.01. The first kappa shape index (κ1) is 9.05. The Morgan fingerprint density at radius 2 is 1.82 bits per heavy atom. The third-order valence-electron chi connectivity index (χ3n) is 2.94. The molecule has 66 valence electrons. The van der Waals surface area contributed by atoms with Gasteiger partial charge in [0.15, 0.2) is 0 Å². The van der Waals surface area contributed by atoms with E-state index in [-0.39, 0.29) is 0 Å². The number of hydrogen-bond acceptors (Lipinski definition) is 1. The van der Waals surface area contributed by atoms with Crippen molar-refractivity contribution in [3.63, 3.8) is 0 Å². The monoisotopic (exact) mass is 155 g/mol. The smallest absolute Gasteiger partial charge is 0.00416 e. The minimum absolute atomic E-state index is 0.470. The largest absolute Gasteiger partial charge is 0.328 e. The van der Waals surface area contributed by atoms with Gasteiger partial charge in [0, 0.05) is 6.04 Å². The summed E-state index contributed by atoms with van der Waals surface area (Å²) < 4.78 is 0. The Morgan fingerprint density at radius 3 is 2.18 bits per heavy atom. The van der Waals surface area contributed by atoms with Crippen LogP contribution in [0.3, 0.4) is 0 Å². The topological polar surface area (TPSA) is 26.0 Å². The van der Waals surface area contributed by atoms with Crippen LogP contribution in [0.2, 0.25) is 0 Å². The first-order valence-electron chi connectivity index (χ1n) is 4.76. The van der Waals surface area contributed by atoms with E-state index in [1.807, 2.05) is 0 Å². The zero-order valence-corrected chi connectivity index (χ0v) is 8.06. The molecule has 1 fully saturated rings. The zero-order valence-electron chi connectivity index (χ0n) is 8.06. The summed E-state index contributed by atoms with van der Waals surface area (Å²) >= 11 is 0. The molecule has 0 aliphatic heterocycles. The SMILES string of the molecule is CC(C)(C)[C@@H]1CCC[C@@H](N)C1. The molecule has 11 heavy (non-hydrogen) atoms. The molecular formula is C10H21N. The van der Waals surface area contributed by atoms with E-state index >= 15 is 0 Å². The van der Waals surface area contributed by atoms with E-state index in [1.165, 1.54) is 25.7 Å². The average molecular weight is 155 g/mol. The number of rotatable bonds is 0. The van der Waals surface area contributed by atoms with E-state index in [0.717, 1.165) is 5.92 Å². The average Bonchev–Trinajstić information content (AvgIpc) is 1.86. The highest BCUT2D eigenvalue weighted by Crippen LogP contribution is 2.36. The van der Waals surface area contributed by atoms with Crippen molar-refractivity contribution in [2.75, 3.05) is 0 Å². The van der Waals surface area contributed by atoms with Gasteiger partial charge in [-0.2, -0.15) is 0 Å². The summed E-state index contributed by atoms with van der Waals surface area (Å²) in [5.74, 6) is 0.853. The van der Waals surface area contributed by atoms with Gasteiger partial charge >= 0.3 is 0 Å². The van der Waals surface area contributed by atoms with Gasteiger partial charge in [-0.25, -0.2) is 0 Å². The molecule has 0 heterocycles. The standard InChI is InChI=1S/C10H21N/c1-10(2,3)8-5-4-6-9(11)7-8/h8-9H,4-7,11H2,1-3H3/t8-,9-/m1/s1. The summed E-state index contributed by atoms with van der Waals surface area (Å²) in [6.45, 7) is 6.99. The third kappa shape index (κ3) is 2.48. The van der Waals surface area contributed by atoms with Gasteiger partial charge < -0.3 is 5.73 Å². The highest BCUT2D eigenvalue weighted by molar-refractivity contribution is 4.82. The number of hydrogen-bond donors (Lipinski definition) is 1. The summed E-state index contributed by atoms with van der Waals surface area (Å²) in [5.41, 5.74) is 6.39. The Bertz CT molecular complexity index is 123. The highest BCUT2D eigenvalue weighted by Gasteiger charge is 2.28. The van der Waals surface area contributed by atoms with Crippen molar-refractivity contribution < 1.29 is 0 Å². The van der Waals surface area contributed by atoms with Crippen LogP contribution in [0.5, 0.6) is 0 Å². The first-order valence-corrected chi connectivity index (χ1v) is 4.76. The molecule has 2 atom stereocenters. The van der Waals surface area contributed by atoms with Gasteiger partial charge in [0.05, 0.1) is 0 Å². The Balaban J connectivity index is 2.46. The predicted molar refractivity (Wildman–Crippen MR) is 49.4 cm³/mol. The predicted octanol–water partition coefficient (Wildman–Crippen LogP) is 2.55. The van der Waals surface area contributed by atoms with Gasteiger partial charge in [-0.15, -0.1) is 0 Å². The Hall–Kier alpha value is -0.0400. The lowest BCUT2D eigenvalue weighted by Gasteiger charge is -2.36. The maximum Gasteiger partial charge on any atom is 0.00416 e. The van der Waals surface area contributed by atoms with Crippen LogP contribution in [0, 0.1) is 11.3 Å². The van der Waals surface area contributed by atoms with Gasteiger partial charge in [0.25, 0.3) is 0 Å². The van der Waals surface area contributed by atoms with Crippen molar-refractivity contribution in [1.29, 1.82) is 0 Å². The van der Waals surface area contributed by atoms with Gasteiger partial charge in [-0.3, -0.25) is 0 Å². The minimum Gasteiger partial charge on any atom is -0.328 e. The molecule has 0 aromatic heterocycles. The van der Waals surface area contributed by atoms with Gasteiger partial charge in [0.1, 0.15) is 0 Å². The molecule has 0 bridgehead atoms. The van der Waals surface area contributed by atoms with Crippen LogP contribution in [0.1, 0.15) is 46.5 Å². The van der Waals surface area contributed by atoms with Crippen LogP contribution in [0.15, 0.2) is 0 Å². The zero-order chi connectivity index (χ0) is 8.48. The molecule has 0 radical (unpaired) electrons. The second-order valence-corrected chi connectivity index (χ2v) is 4.99. The lowest BCUT2D eigenvalue weighted by Crippen LogP contribution is -2.33. The molecule has 1 rings (SSSR count). The molecule has 0 unspecified atom stereocenters. The maximum atomic E-state index is 5.92. The van der Waals surface area contributed by atoms with Crippen LogP contribution >= 0.6 is 0 Å². The van der Waals surface area contributed by atoms with Crippen LogP contribution < -0.4 is 5.73 Å². The second kappa shape index (κ2) is 3.14. The van der Waals surface area contributed by atoms with E-state index in [2.05, 4.69) is 20.8 Å². The first-order chi connectivity index (χ1) is 5.00. The lowest BCUT2D eigenvalue weighted by atomic mass is 9.71. The fraction of sp³-hybridized carbons (Fsp3) is 1.00. The molecule has 0 aromatic rings. The molecule has 0 spiro atoms. The van der Waals surface area contributed by atoms with E-state index in [9.17, 15) is 0 Å². The van der Waals surface area contributed by atoms with E-state index < -0.39 is 0 Å². The molecule has 1 saturated carbocycles. The lowest BCUT2D eigenvalue weighted by molar-refractivity contribution is 0.166. The van der Waals surface area contributed by atoms with Crippen LogP contribution in [-0.2, 0) is 0 Å². The molecule has 2 N–H and O–H groups in total. The fourth-order valence-electron chi connectivity index (χ4n) is 2.01. The van der Waals surface area contributed by atoms with Crippen LogP contribution in [0.4, 0.5) is 0 Å². The van der Waals surface area contributed by atoms with Gasteiger partial charge in [-0.05, 0) is 30.6 Å². The van der Waals surface area contributed by atoms with Gasteiger partial charge in [-0.1, -0.05) is 27.2 Å². The summed E-state index contributed by atoms with van der Waals surface area (Å²) in [7, 11) is 0. The van der Waals surface area contributed by atoms with E-state index in [1.54, 1.807) is 0 Å². The van der Waals surface area contributed by atoms with Crippen LogP contribution in [-0.4, -0.2) is 6.04 Å². The third-order valence-corrected chi connectivity index (χ3v) is 2.94.